The number of thiophene rings is 2. The SMILES string of the molecule is CC(C)(C)/C(=N/N)c1cccs1.CC(C)(C)C(=O)c1cccs1.NN. The van der Waals surface area contributed by atoms with Crippen molar-refractivity contribution in [1.29, 1.82) is 0 Å². The van der Waals surface area contributed by atoms with Crippen molar-refractivity contribution in [3.63, 3.8) is 0 Å². The standard InChI is InChI=1S/C9H14N2S.C9H12OS.H4N2/c1-9(2,3)8(11-10)7-5-4-6-12-7;1-9(2,3)8(10)7-5-4-6-11-7;1-2/h4-6H,10H2,1-3H3;4-6H,1-3H3;1-2H2/b11-8+;;. The molecule has 2 aromatic heterocycles. The highest BCUT2D eigenvalue weighted by molar-refractivity contribution is 7.12. The summed E-state index contributed by atoms with van der Waals surface area (Å²) in [5.74, 6) is 13.6. The normalized spacial score (nSPS) is 11.8. The van der Waals surface area contributed by atoms with Gasteiger partial charge in [-0.3, -0.25) is 16.5 Å². The summed E-state index contributed by atoms with van der Waals surface area (Å²) in [5.41, 5.74) is 0.752. The molecule has 25 heavy (non-hydrogen) atoms. The lowest BCUT2D eigenvalue weighted by Gasteiger charge is -2.18. The van der Waals surface area contributed by atoms with Crippen molar-refractivity contribution in [2.45, 2.75) is 41.5 Å². The first-order valence-corrected chi connectivity index (χ1v) is 9.57. The fraction of sp³-hybridized carbons (Fsp3) is 0.444. The average molecular weight is 383 g/mol. The van der Waals surface area contributed by atoms with Crippen molar-refractivity contribution in [1.82, 2.24) is 0 Å². The first-order chi connectivity index (χ1) is 11.6. The lowest BCUT2D eigenvalue weighted by atomic mass is 9.89. The van der Waals surface area contributed by atoms with Crippen molar-refractivity contribution in [2.75, 3.05) is 0 Å². The van der Waals surface area contributed by atoms with E-state index in [1.54, 1.807) is 11.3 Å². The Labute approximate surface area is 158 Å². The summed E-state index contributed by atoms with van der Waals surface area (Å²) in [5, 5.41) is 7.79. The summed E-state index contributed by atoms with van der Waals surface area (Å²) < 4.78 is 0. The van der Waals surface area contributed by atoms with E-state index < -0.39 is 0 Å². The van der Waals surface area contributed by atoms with Crippen LogP contribution in [-0.2, 0) is 0 Å². The quantitative estimate of drug-likeness (QED) is 0.312. The van der Waals surface area contributed by atoms with Crippen LogP contribution in [0.4, 0.5) is 0 Å². The van der Waals surface area contributed by atoms with Gasteiger partial charge in [0.1, 0.15) is 0 Å². The second-order valence-corrected chi connectivity index (χ2v) is 9.16. The average Bonchev–Trinajstić information content (AvgIpc) is 3.21. The Bertz CT molecular complexity index is 634. The van der Waals surface area contributed by atoms with Gasteiger partial charge in [-0.05, 0) is 22.9 Å². The number of hydrazone groups is 1. The molecular formula is C18H30N4OS2. The van der Waals surface area contributed by atoms with Crippen LogP contribution < -0.4 is 17.5 Å². The molecular weight excluding hydrogens is 352 g/mol. The third-order valence-corrected chi connectivity index (χ3v) is 4.77. The Morgan fingerprint density at radius 1 is 0.880 bits per heavy atom. The minimum absolute atomic E-state index is 0.0274. The van der Waals surface area contributed by atoms with Crippen LogP contribution in [0.2, 0.25) is 0 Å². The molecule has 0 fully saturated rings. The number of rotatable bonds is 2. The van der Waals surface area contributed by atoms with Crippen LogP contribution in [0.1, 0.15) is 56.1 Å². The van der Waals surface area contributed by atoms with Crippen molar-refractivity contribution >= 4 is 34.2 Å². The van der Waals surface area contributed by atoms with Gasteiger partial charge < -0.3 is 5.84 Å². The van der Waals surface area contributed by atoms with E-state index in [0.717, 1.165) is 15.5 Å². The highest BCUT2D eigenvalue weighted by Crippen LogP contribution is 2.24. The molecule has 0 atom stereocenters. The van der Waals surface area contributed by atoms with Crippen molar-refractivity contribution in [2.24, 2.45) is 33.5 Å². The number of hydrogen-bond donors (Lipinski definition) is 3. The Kier molecular flexibility index (Phi) is 9.81. The van der Waals surface area contributed by atoms with Crippen LogP contribution in [0.3, 0.4) is 0 Å². The minimum atomic E-state index is -0.245. The highest BCUT2D eigenvalue weighted by Gasteiger charge is 2.23. The molecule has 7 heteroatoms. The fourth-order valence-electron chi connectivity index (χ4n) is 1.82. The number of nitrogens with zero attached hydrogens (tertiary/aromatic N) is 1. The number of hydrogen-bond acceptors (Lipinski definition) is 7. The van der Waals surface area contributed by atoms with Crippen molar-refractivity contribution < 1.29 is 4.79 Å². The van der Waals surface area contributed by atoms with Gasteiger partial charge in [-0.2, -0.15) is 5.10 Å². The number of carbonyl (C=O) groups excluding carboxylic acids is 1. The summed E-state index contributed by atoms with van der Waals surface area (Å²) in [6, 6.07) is 7.83. The van der Waals surface area contributed by atoms with Crippen molar-refractivity contribution in [3.05, 3.63) is 44.8 Å². The maximum absolute atomic E-state index is 11.5. The molecule has 0 aliphatic carbocycles. The first kappa shape index (κ1) is 23.5. The van der Waals surface area contributed by atoms with Crippen LogP contribution in [0.5, 0.6) is 0 Å². The molecule has 0 saturated heterocycles. The second-order valence-electron chi connectivity index (χ2n) is 7.26. The molecule has 6 N–H and O–H groups in total. The second kappa shape index (κ2) is 10.5. The van der Waals surface area contributed by atoms with Crippen LogP contribution in [0.25, 0.3) is 0 Å². The lowest BCUT2D eigenvalue weighted by molar-refractivity contribution is 0.0863. The fourth-order valence-corrected chi connectivity index (χ4v) is 3.62. The maximum Gasteiger partial charge on any atom is 0.178 e. The van der Waals surface area contributed by atoms with Gasteiger partial charge in [-0.1, -0.05) is 53.7 Å². The predicted octanol–water partition coefficient (Wildman–Crippen LogP) is 4.25. The van der Waals surface area contributed by atoms with Gasteiger partial charge in [0, 0.05) is 10.8 Å². The van der Waals surface area contributed by atoms with Gasteiger partial charge in [0.05, 0.1) is 15.5 Å². The van der Waals surface area contributed by atoms with Crippen LogP contribution >= 0.6 is 22.7 Å². The Morgan fingerprint density at radius 2 is 1.32 bits per heavy atom. The lowest BCUT2D eigenvalue weighted by Crippen LogP contribution is -2.21. The monoisotopic (exact) mass is 382 g/mol. The Hall–Kier alpha value is -1.54. The molecule has 2 heterocycles. The van der Waals surface area contributed by atoms with Gasteiger partial charge in [0.25, 0.3) is 0 Å². The van der Waals surface area contributed by atoms with Gasteiger partial charge in [0.15, 0.2) is 5.78 Å². The molecule has 0 spiro atoms. The molecule has 0 saturated carbocycles. The number of nitrogens with two attached hydrogens (primary N) is 3. The molecule has 0 unspecified atom stereocenters. The van der Waals surface area contributed by atoms with Crippen LogP contribution in [0, 0.1) is 10.8 Å². The highest BCUT2D eigenvalue weighted by atomic mass is 32.1. The minimum Gasteiger partial charge on any atom is -0.323 e. The van der Waals surface area contributed by atoms with E-state index in [4.69, 9.17) is 5.84 Å². The van der Waals surface area contributed by atoms with E-state index in [1.807, 2.05) is 55.8 Å². The summed E-state index contributed by atoms with van der Waals surface area (Å²) in [4.78, 5) is 13.6. The summed E-state index contributed by atoms with van der Waals surface area (Å²) in [6.07, 6.45) is 0. The maximum atomic E-state index is 11.5. The zero-order chi connectivity index (χ0) is 19.7. The third-order valence-electron chi connectivity index (χ3n) is 3.02. The molecule has 2 rings (SSSR count). The number of hydrazine groups is 1. The zero-order valence-electron chi connectivity index (χ0n) is 15.9. The Balaban J connectivity index is 0.000000421. The van der Waals surface area contributed by atoms with Gasteiger partial charge in [-0.25, -0.2) is 0 Å². The largest absolute Gasteiger partial charge is 0.323 e. The zero-order valence-corrected chi connectivity index (χ0v) is 17.5. The van der Waals surface area contributed by atoms with Gasteiger partial charge in [0.2, 0.25) is 0 Å². The van der Waals surface area contributed by atoms with E-state index in [9.17, 15) is 4.79 Å². The van der Waals surface area contributed by atoms with Crippen LogP contribution in [-0.4, -0.2) is 11.5 Å². The molecule has 5 nitrogen and oxygen atoms in total. The van der Waals surface area contributed by atoms with Gasteiger partial charge in [-0.15, -0.1) is 22.7 Å². The summed E-state index contributed by atoms with van der Waals surface area (Å²) in [7, 11) is 0. The van der Waals surface area contributed by atoms with Crippen LogP contribution in [0.15, 0.2) is 40.1 Å². The molecule has 0 aromatic carbocycles. The molecule has 0 amide bonds. The first-order valence-electron chi connectivity index (χ1n) is 7.81. The predicted molar refractivity (Wildman–Crippen MR) is 111 cm³/mol. The topological polar surface area (TPSA) is 107 Å². The van der Waals surface area contributed by atoms with E-state index in [-0.39, 0.29) is 16.6 Å². The molecule has 0 aliphatic heterocycles. The summed E-state index contributed by atoms with van der Waals surface area (Å²) in [6.45, 7) is 12.1. The van der Waals surface area contributed by atoms with E-state index in [0.29, 0.717) is 0 Å². The smallest absolute Gasteiger partial charge is 0.178 e. The van der Waals surface area contributed by atoms with E-state index in [2.05, 4.69) is 37.6 Å². The molecule has 0 bridgehead atoms. The molecule has 0 radical (unpaired) electrons. The molecule has 140 valence electrons. The molecule has 2 aromatic rings. The van der Waals surface area contributed by atoms with Gasteiger partial charge >= 0.3 is 0 Å². The summed E-state index contributed by atoms with van der Waals surface area (Å²) >= 11 is 3.18. The molecule has 0 aliphatic rings. The van der Waals surface area contributed by atoms with E-state index >= 15 is 0 Å². The third kappa shape index (κ3) is 7.92. The Morgan fingerprint density at radius 3 is 1.60 bits per heavy atom. The number of ketones is 1. The van der Waals surface area contributed by atoms with Crippen molar-refractivity contribution in [3.8, 4) is 0 Å². The number of Topliss-reactive ketones (excluding diaryl/α,β-unsaturated/α-hetero) is 1. The number of carbonyl (C=O) groups is 1. The van der Waals surface area contributed by atoms with E-state index in [1.165, 1.54) is 11.3 Å².